The Morgan fingerprint density at radius 2 is 2.09 bits per heavy atom. The summed E-state index contributed by atoms with van der Waals surface area (Å²) in [5.74, 6) is -0.159. The largest absolute Gasteiger partial charge is 0.435 e. The van der Waals surface area contributed by atoms with Crippen molar-refractivity contribution in [3.8, 4) is 5.75 Å². The molecule has 1 aromatic rings. The fourth-order valence-corrected chi connectivity index (χ4v) is 3.20. The van der Waals surface area contributed by atoms with E-state index in [1.807, 2.05) is 6.92 Å². The van der Waals surface area contributed by atoms with Gasteiger partial charge in [-0.05, 0) is 37.6 Å². The van der Waals surface area contributed by atoms with Crippen molar-refractivity contribution in [1.82, 2.24) is 10.2 Å². The monoisotopic (exact) mass is 326 g/mol. The molecule has 0 aliphatic carbocycles. The lowest BCUT2D eigenvalue weighted by Gasteiger charge is -2.33. The highest BCUT2D eigenvalue weighted by Crippen LogP contribution is 2.23. The first-order valence-corrected chi connectivity index (χ1v) is 7.72. The lowest BCUT2D eigenvalue weighted by molar-refractivity contribution is -0.0498. The topological polar surface area (TPSA) is 50.8 Å². The molecule has 2 saturated heterocycles. The molecule has 0 bridgehead atoms. The van der Waals surface area contributed by atoms with E-state index in [9.17, 15) is 13.6 Å². The Labute approximate surface area is 133 Å². The number of rotatable bonds is 4. The summed E-state index contributed by atoms with van der Waals surface area (Å²) < 4.78 is 34.1. The number of fused-ring (bicyclic) bond motifs is 1. The van der Waals surface area contributed by atoms with Gasteiger partial charge in [-0.25, -0.2) is 0 Å². The van der Waals surface area contributed by atoms with Gasteiger partial charge >= 0.3 is 6.61 Å². The number of carbonyl (C=O) groups excluding carboxylic acids is 1. The molecule has 2 heterocycles. The number of halogens is 2. The fraction of sp³-hybridized carbons (Fsp3) is 0.562. The van der Waals surface area contributed by atoms with Crippen LogP contribution in [0.4, 0.5) is 8.78 Å². The van der Waals surface area contributed by atoms with Crippen molar-refractivity contribution in [2.24, 2.45) is 0 Å². The zero-order valence-electron chi connectivity index (χ0n) is 12.9. The van der Waals surface area contributed by atoms with Gasteiger partial charge in [0.15, 0.2) is 0 Å². The standard InChI is InChI=1S/C16H20F2N2O3/c1-10-7-20-8-12(6-13(20)9-22-10)19-15(21)11-2-4-14(5-3-11)23-16(17)18/h2-5,10,12-13,16H,6-9H2,1H3,(H,19,21)/t10-,12+,13-/m0/s1. The van der Waals surface area contributed by atoms with Crippen LogP contribution >= 0.6 is 0 Å². The molecule has 23 heavy (non-hydrogen) atoms. The molecule has 0 radical (unpaired) electrons. The van der Waals surface area contributed by atoms with Crippen LogP contribution in [0.2, 0.25) is 0 Å². The maximum Gasteiger partial charge on any atom is 0.387 e. The number of hydrogen-bond donors (Lipinski definition) is 1. The Bertz CT molecular complexity index is 553. The molecular weight excluding hydrogens is 306 g/mol. The summed E-state index contributed by atoms with van der Waals surface area (Å²) in [5, 5.41) is 3.00. The van der Waals surface area contributed by atoms with Crippen molar-refractivity contribution in [2.45, 2.75) is 38.1 Å². The molecule has 1 N–H and O–H groups in total. The number of alkyl halides is 2. The third kappa shape index (κ3) is 3.97. The van der Waals surface area contributed by atoms with E-state index in [-0.39, 0.29) is 23.8 Å². The van der Waals surface area contributed by atoms with Crippen LogP contribution < -0.4 is 10.1 Å². The summed E-state index contributed by atoms with van der Waals surface area (Å²) in [4.78, 5) is 14.6. The average Bonchev–Trinajstić information content (AvgIpc) is 2.88. The van der Waals surface area contributed by atoms with Crippen LogP contribution in [0.5, 0.6) is 5.75 Å². The number of nitrogens with zero attached hydrogens (tertiary/aromatic N) is 1. The molecule has 0 unspecified atom stereocenters. The zero-order chi connectivity index (χ0) is 16.4. The Balaban J connectivity index is 1.55. The lowest BCUT2D eigenvalue weighted by atomic mass is 10.1. The van der Waals surface area contributed by atoms with E-state index in [0.29, 0.717) is 18.2 Å². The first-order chi connectivity index (χ1) is 11.0. The smallest absolute Gasteiger partial charge is 0.387 e. The number of benzene rings is 1. The minimum Gasteiger partial charge on any atom is -0.435 e. The van der Waals surface area contributed by atoms with Gasteiger partial charge in [-0.3, -0.25) is 9.69 Å². The lowest BCUT2D eigenvalue weighted by Crippen LogP contribution is -2.45. The van der Waals surface area contributed by atoms with Gasteiger partial charge in [0.05, 0.1) is 12.7 Å². The van der Waals surface area contributed by atoms with Crippen LogP contribution in [0.15, 0.2) is 24.3 Å². The predicted molar refractivity (Wildman–Crippen MR) is 79.7 cm³/mol. The number of amides is 1. The van der Waals surface area contributed by atoms with Gasteiger partial charge in [-0.1, -0.05) is 0 Å². The summed E-state index contributed by atoms with van der Waals surface area (Å²) in [5.41, 5.74) is 0.432. The van der Waals surface area contributed by atoms with Crippen LogP contribution in [-0.2, 0) is 4.74 Å². The van der Waals surface area contributed by atoms with Gasteiger partial charge in [0.2, 0.25) is 0 Å². The van der Waals surface area contributed by atoms with Gasteiger partial charge in [0.1, 0.15) is 5.75 Å². The number of carbonyl (C=O) groups is 1. The molecule has 0 saturated carbocycles. The molecule has 0 aromatic heterocycles. The summed E-state index contributed by atoms with van der Waals surface area (Å²) >= 11 is 0. The fourth-order valence-electron chi connectivity index (χ4n) is 3.20. The Morgan fingerprint density at radius 1 is 1.35 bits per heavy atom. The second kappa shape index (κ2) is 6.80. The third-order valence-electron chi connectivity index (χ3n) is 4.27. The van der Waals surface area contributed by atoms with E-state index in [1.165, 1.54) is 24.3 Å². The van der Waals surface area contributed by atoms with E-state index in [0.717, 1.165) is 19.5 Å². The van der Waals surface area contributed by atoms with Crippen LogP contribution in [0.25, 0.3) is 0 Å². The highest BCUT2D eigenvalue weighted by Gasteiger charge is 2.36. The maximum absolute atomic E-state index is 12.3. The molecular formula is C16H20F2N2O3. The summed E-state index contributed by atoms with van der Waals surface area (Å²) in [6.07, 6.45) is 1.09. The van der Waals surface area contributed by atoms with Crippen molar-refractivity contribution in [3.63, 3.8) is 0 Å². The molecule has 0 spiro atoms. The quantitative estimate of drug-likeness (QED) is 0.918. The molecule has 3 rings (SSSR count). The summed E-state index contributed by atoms with van der Waals surface area (Å²) in [6, 6.07) is 6.15. The van der Waals surface area contributed by atoms with Crippen LogP contribution in [0.3, 0.4) is 0 Å². The van der Waals surface area contributed by atoms with Gasteiger partial charge in [0, 0.05) is 30.7 Å². The second-order valence-electron chi connectivity index (χ2n) is 6.06. The van der Waals surface area contributed by atoms with Crippen molar-refractivity contribution in [1.29, 1.82) is 0 Å². The van der Waals surface area contributed by atoms with Crippen molar-refractivity contribution >= 4 is 5.91 Å². The molecule has 3 atom stereocenters. The van der Waals surface area contributed by atoms with Crippen molar-refractivity contribution in [3.05, 3.63) is 29.8 Å². The van der Waals surface area contributed by atoms with Gasteiger partial charge < -0.3 is 14.8 Å². The summed E-state index contributed by atoms with van der Waals surface area (Å²) in [6.45, 7) is 1.58. The first-order valence-electron chi connectivity index (χ1n) is 7.72. The number of nitrogens with one attached hydrogen (secondary N) is 1. The molecule has 5 nitrogen and oxygen atoms in total. The molecule has 1 amide bonds. The average molecular weight is 326 g/mol. The Hall–Kier alpha value is -1.73. The maximum atomic E-state index is 12.3. The summed E-state index contributed by atoms with van der Waals surface area (Å²) in [7, 11) is 0. The highest BCUT2D eigenvalue weighted by molar-refractivity contribution is 5.94. The molecule has 126 valence electrons. The number of ether oxygens (including phenoxy) is 2. The van der Waals surface area contributed by atoms with E-state index in [2.05, 4.69) is 15.0 Å². The second-order valence-corrected chi connectivity index (χ2v) is 6.06. The minimum absolute atomic E-state index is 0.0423. The van der Waals surface area contributed by atoms with Crippen molar-refractivity contribution < 1.29 is 23.0 Å². The van der Waals surface area contributed by atoms with E-state index in [4.69, 9.17) is 4.74 Å². The number of hydrogen-bond acceptors (Lipinski definition) is 4. The zero-order valence-corrected chi connectivity index (χ0v) is 12.9. The van der Waals surface area contributed by atoms with E-state index < -0.39 is 6.61 Å². The van der Waals surface area contributed by atoms with Gasteiger partial charge in [-0.2, -0.15) is 8.78 Å². The van der Waals surface area contributed by atoms with Crippen molar-refractivity contribution in [2.75, 3.05) is 19.7 Å². The highest BCUT2D eigenvalue weighted by atomic mass is 19.3. The molecule has 2 aliphatic heterocycles. The van der Waals surface area contributed by atoms with Gasteiger partial charge in [0.25, 0.3) is 5.91 Å². The Morgan fingerprint density at radius 3 is 2.78 bits per heavy atom. The first kappa shape index (κ1) is 16.1. The van der Waals surface area contributed by atoms with Crippen LogP contribution in [0, 0.1) is 0 Å². The van der Waals surface area contributed by atoms with Crippen LogP contribution in [-0.4, -0.2) is 55.3 Å². The molecule has 1 aromatic carbocycles. The predicted octanol–water partition coefficient (Wildman–Crippen LogP) is 1.88. The van der Waals surface area contributed by atoms with E-state index in [1.54, 1.807) is 0 Å². The van der Waals surface area contributed by atoms with E-state index >= 15 is 0 Å². The molecule has 2 aliphatic rings. The Kier molecular flexibility index (Phi) is 4.77. The SMILES string of the molecule is C[C@H]1CN2C[C@H](NC(=O)c3ccc(OC(F)F)cc3)C[C@H]2CO1. The number of morpholine rings is 1. The molecule has 2 fully saturated rings. The normalized spacial score (nSPS) is 27.7. The minimum atomic E-state index is -2.87. The molecule has 7 heteroatoms. The van der Waals surface area contributed by atoms with Gasteiger partial charge in [-0.15, -0.1) is 0 Å². The third-order valence-corrected chi connectivity index (χ3v) is 4.27. The van der Waals surface area contributed by atoms with Crippen LogP contribution in [0.1, 0.15) is 23.7 Å².